The Labute approximate surface area is 248 Å². The summed E-state index contributed by atoms with van der Waals surface area (Å²) in [4.78, 5) is 49.8. The van der Waals surface area contributed by atoms with Gasteiger partial charge < -0.3 is 29.4 Å². The second-order valence-electron chi connectivity index (χ2n) is 8.57. The maximum absolute atomic E-state index is 12.1. The van der Waals surface area contributed by atoms with Gasteiger partial charge in [0.1, 0.15) is 12.3 Å². The molecule has 5 atom stereocenters. The number of ether oxygens (including phenoxy) is 1. The van der Waals surface area contributed by atoms with Crippen LogP contribution in [0.25, 0.3) is 16.8 Å². The van der Waals surface area contributed by atoms with Crippen LogP contribution in [0, 0.1) is 3.57 Å². The Morgan fingerprint density at radius 3 is 2.49 bits per heavy atom. The van der Waals surface area contributed by atoms with Crippen molar-refractivity contribution in [1.29, 1.82) is 0 Å². The zero-order chi connectivity index (χ0) is 29.6. The molecular weight excluding hydrogens is 742 g/mol. The smallest absolute Gasteiger partial charge is 0.390 e. The van der Waals surface area contributed by atoms with E-state index in [4.69, 9.17) is 19.5 Å². The zero-order valence-electron chi connectivity index (χ0n) is 20.4. The summed E-state index contributed by atoms with van der Waals surface area (Å²) >= 11 is 3.72. The summed E-state index contributed by atoms with van der Waals surface area (Å²) in [5.74, 6) is 0.637. The third-order valence-electron chi connectivity index (χ3n) is 5.64. The zero-order valence-corrected chi connectivity index (χ0v) is 26.0. The van der Waals surface area contributed by atoms with Crippen molar-refractivity contribution in [2.75, 3.05) is 6.61 Å². The van der Waals surface area contributed by atoms with Gasteiger partial charge in [0.15, 0.2) is 22.0 Å². The normalized spacial score (nSPS) is 22.7. The molecule has 41 heavy (non-hydrogen) atoms. The lowest BCUT2D eigenvalue weighted by Gasteiger charge is -2.19. The van der Waals surface area contributed by atoms with Crippen molar-refractivity contribution in [1.82, 2.24) is 23.9 Å². The number of aromatic nitrogens is 5. The average Bonchev–Trinajstić information content (AvgIpc) is 3.58. The number of fused-ring (bicyclic) bond motifs is 3. The van der Waals surface area contributed by atoms with E-state index in [2.05, 4.69) is 45.7 Å². The van der Waals surface area contributed by atoms with Gasteiger partial charge in [0, 0.05) is 28.1 Å². The Bertz CT molecular complexity index is 1710. The molecule has 0 radical (unpaired) electrons. The van der Waals surface area contributed by atoms with Crippen molar-refractivity contribution in [3.05, 3.63) is 52.1 Å². The molecule has 1 saturated heterocycles. The number of phosphoric ester groups is 1. The van der Waals surface area contributed by atoms with E-state index in [1.807, 2.05) is 28.7 Å². The fraction of sp³-hybridized carbons (Fsp3) is 0.316. The number of benzene rings is 1. The number of hydrogen-bond acceptors (Lipinski definition) is 12. The van der Waals surface area contributed by atoms with Crippen molar-refractivity contribution in [3.8, 4) is 0 Å². The van der Waals surface area contributed by atoms with E-state index in [1.165, 1.54) is 18.1 Å². The van der Waals surface area contributed by atoms with Crippen LogP contribution in [-0.4, -0.2) is 67.4 Å². The highest BCUT2D eigenvalue weighted by atomic mass is 127. The van der Waals surface area contributed by atoms with Crippen molar-refractivity contribution in [3.63, 3.8) is 0 Å². The van der Waals surface area contributed by atoms with Crippen molar-refractivity contribution in [2.45, 2.75) is 35.8 Å². The molecule has 0 bridgehead atoms. The molecule has 1 aliphatic rings. The summed E-state index contributed by atoms with van der Waals surface area (Å²) in [6, 6.07) is 8.08. The van der Waals surface area contributed by atoms with Crippen LogP contribution < -0.4 is 0 Å². The molecule has 0 aliphatic carbocycles. The number of hydrogen-bond donors (Lipinski definition) is 5. The number of imidazole rings is 2. The molecule has 4 heterocycles. The number of halogens is 1. The molecule has 2 unspecified atom stereocenters. The highest BCUT2D eigenvalue weighted by molar-refractivity contribution is 14.1. The molecular formula is C19H21IN5O12P3S. The lowest BCUT2D eigenvalue weighted by atomic mass is 10.2. The molecule has 4 aromatic rings. The van der Waals surface area contributed by atoms with Gasteiger partial charge in [-0.2, -0.15) is 8.62 Å². The second kappa shape index (κ2) is 12.0. The Hall–Kier alpha value is -1.28. The van der Waals surface area contributed by atoms with Gasteiger partial charge in [-0.05, 0) is 40.3 Å². The molecule has 1 aliphatic heterocycles. The molecule has 0 amide bonds. The Morgan fingerprint density at radius 2 is 1.78 bits per heavy atom. The standard InChI is InChI=1S/C19H21IN5O12P3S/c20-12-3-1-11(2-4-12)9-41-19-23-18-16(17-21-5-6-24(17)19)22-10-25(18)15-7-13(26)14(35-15)8-34-39(30,31)37-40(32,33)36-38(27,28)29/h1-6,10,13-15,26H,7-9H2,(H,30,31)(H,32,33)(H2,27,28,29)/t13-,14+,15+/m0/s1. The number of aliphatic hydroxyl groups excluding tert-OH is 1. The minimum Gasteiger partial charge on any atom is -0.390 e. The monoisotopic (exact) mass is 763 g/mol. The van der Waals surface area contributed by atoms with Crippen LogP contribution in [0.5, 0.6) is 0 Å². The van der Waals surface area contributed by atoms with Gasteiger partial charge in [0.05, 0.1) is 19.0 Å². The van der Waals surface area contributed by atoms with E-state index in [1.54, 1.807) is 17.0 Å². The topological polar surface area (TPSA) is 237 Å². The van der Waals surface area contributed by atoms with Crippen LogP contribution in [0.2, 0.25) is 0 Å². The third-order valence-corrected chi connectivity index (χ3v) is 11.2. The van der Waals surface area contributed by atoms with Crippen LogP contribution in [0.15, 0.2) is 48.1 Å². The van der Waals surface area contributed by atoms with Crippen LogP contribution in [0.1, 0.15) is 18.2 Å². The minimum atomic E-state index is -5.67. The summed E-state index contributed by atoms with van der Waals surface area (Å²) in [5, 5.41) is 11.1. The summed E-state index contributed by atoms with van der Waals surface area (Å²) in [6.45, 7) is -0.789. The first-order valence-electron chi connectivity index (χ1n) is 11.4. The van der Waals surface area contributed by atoms with E-state index in [0.717, 1.165) is 9.13 Å². The fourth-order valence-corrected chi connectivity index (χ4v) is 8.26. The quantitative estimate of drug-likeness (QED) is 0.0639. The average molecular weight is 763 g/mol. The summed E-state index contributed by atoms with van der Waals surface area (Å²) in [7, 11) is -16.6. The highest BCUT2D eigenvalue weighted by Crippen LogP contribution is 2.66. The van der Waals surface area contributed by atoms with Crippen molar-refractivity contribution < 1.29 is 56.3 Å². The number of phosphoric acid groups is 3. The van der Waals surface area contributed by atoms with Crippen LogP contribution in [-0.2, 0) is 37.3 Å². The lowest BCUT2D eigenvalue weighted by Crippen LogP contribution is -2.26. The first kappa shape index (κ1) is 31.2. The van der Waals surface area contributed by atoms with Crippen molar-refractivity contribution in [2.24, 2.45) is 0 Å². The summed E-state index contributed by atoms with van der Waals surface area (Å²) in [6.07, 6.45) is 1.61. The number of rotatable bonds is 11. The Morgan fingerprint density at radius 1 is 1.05 bits per heavy atom. The molecule has 0 saturated carbocycles. The molecule has 17 nitrogen and oxygen atoms in total. The van der Waals surface area contributed by atoms with E-state index >= 15 is 0 Å². The minimum absolute atomic E-state index is 0.00229. The molecule has 5 N–H and O–H groups in total. The van der Waals surface area contributed by atoms with Gasteiger partial charge in [-0.1, -0.05) is 23.9 Å². The lowest BCUT2D eigenvalue weighted by molar-refractivity contribution is -0.0423. The first-order chi connectivity index (χ1) is 19.2. The van der Waals surface area contributed by atoms with Gasteiger partial charge in [0.25, 0.3) is 0 Å². The number of aliphatic hydroxyl groups is 1. The second-order valence-corrected chi connectivity index (χ2v) is 15.2. The molecule has 222 valence electrons. The maximum atomic E-state index is 12.1. The maximum Gasteiger partial charge on any atom is 0.490 e. The van der Waals surface area contributed by atoms with Gasteiger partial charge in [-0.25, -0.2) is 28.6 Å². The molecule has 1 fully saturated rings. The first-order valence-corrected chi connectivity index (χ1v) is 18.0. The highest BCUT2D eigenvalue weighted by Gasteiger charge is 2.43. The molecule has 5 rings (SSSR count). The Balaban J connectivity index is 1.31. The van der Waals surface area contributed by atoms with E-state index < -0.39 is 48.5 Å². The van der Waals surface area contributed by atoms with Gasteiger partial charge in [0.2, 0.25) is 0 Å². The third kappa shape index (κ3) is 7.63. The largest absolute Gasteiger partial charge is 0.490 e. The van der Waals surface area contributed by atoms with Gasteiger partial charge >= 0.3 is 23.5 Å². The van der Waals surface area contributed by atoms with E-state index in [9.17, 15) is 28.6 Å². The molecule has 0 spiro atoms. The Kier molecular flexibility index (Phi) is 9.13. The predicted molar refractivity (Wildman–Crippen MR) is 149 cm³/mol. The van der Waals surface area contributed by atoms with E-state index in [-0.39, 0.29) is 6.42 Å². The fourth-order valence-electron chi connectivity index (χ4n) is 3.95. The number of nitrogens with zero attached hydrogens (tertiary/aromatic N) is 5. The molecule has 3 aromatic heterocycles. The summed E-state index contributed by atoms with van der Waals surface area (Å²) < 4.78 is 56.7. The van der Waals surface area contributed by atoms with Crippen LogP contribution in [0.4, 0.5) is 0 Å². The van der Waals surface area contributed by atoms with Crippen LogP contribution >= 0.6 is 57.8 Å². The summed E-state index contributed by atoms with van der Waals surface area (Å²) in [5.41, 5.74) is 2.55. The van der Waals surface area contributed by atoms with Crippen LogP contribution in [0.3, 0.4) is 0 Å². The van der Waals surface area contributed by atoms with Crippen molar-refractivity contribution >= 4 is 74.6 Å². The number of thioether (sulfide) groups is 1. The molecule has 22 heteroatoms. The predicted octanol–water partition coefficient (Wildman–Crippen LogP) is 2.97. The molecule has 1 aromatic carbocycles. The van der Waals surface area contributed by atoms with Gasteiger partial charge in [-0.3, -0.25) is 13.5 Å². The van der Waals surface area contributed by atoms with E-state index in [0.29, 0.717) is 27.7 Å². The SMILES string of the molecule is O=P(O)(O)OP(=O)(O)OP(=O)(O)OC[C@H]1O[C@@H](n2cnc3c2nc(SCc2ccc(I)cc2)n2ccnc32)C[C@@H]1O. The van der Waals surface area contributed by atoms with Gasteiger partial charge in [-0.15, -0.1) is 0 Å².